The zero-order chi connectivity index (χ0) is 8.27. The fraction of sp³-hybridized carbons (Fsp3) is 0.500. The largest absolute Gasteiger partial charge is 0.295 e. The Balaban J connectivity index is 2.37. The zero-order valence-corrected chi connectivity index (χ0v) is 7.02. The summed E-state index contributed by atoms with van der Waals surface area (Å²) in [5, 5.41) is 0. The van der Waals surface area contributed by atoms with Gasteiger partial charge in [-0.3, -0.25) is 4.79 Å². The van der Waals surface area contributed by atoms with E-state index in [2.05, 4.69) is 12.7 Å². The van der Waals surface area contributed by atoms with E-state index in [0.717, 1.165) is 36.8 Å². The smallest absolute Gasteiger partial charge is 0.158 e. The van der Waals surface area contributed by atoms with E-state index in [-0.39, 0.29) is 0 Å². The molecule has 0 atom stereocenters. The minimum Gasteiger partial charge on any atom is -0.295 e. The zero-order valence-electron chi connectivity index (χ0n) is 7.02. The van der Waals surface area contributed by atoms with E-state index in [9.17, 15) is 4.79 Å². The second kappa shape index (κ2) is 3.51. The van der Waals surface area contributed by atoms with Crippen molar-refractivity contribution >= 4 is 5.78 Å². The van der Waals surface area contributed by atoms with Crippen LogP contribution in [0.15, 0.2) is 23.8 Å². The molecule has 0 radical (unpaired) electrons. The Bertz CT molecular complexity index is 211. The predicted octanol–water partition coefficient (Wildman–Crippen LogP) is 2.63. The van der Waals surface area contributed by atoms with Crippen LogP contribution in [0, 0.1) is 0 Å². The summed E-state index contributed by atoms with van der Waals surface area (Å²) < 4.78 is 0. The van der Waals surface area contributed by atoms with Crippen LogP contribution in [0.3, 0.4) is 0 Å². The van der Waals surface area contributed by atoms with Crippen LogP contribution in [0.1, 0.15) is 32.6 Å². The maximum Gasteiger partial charge on any atom is 0.158 e. The van der Waals surface area contributed by atoms with Gasteiger partial charge in [0.15, 0.2) is 5.78 Å². The first-order valence-corrected chi connectivity index (χ1v) is 4.07. The third-order valence-corrected chi connectivity index (χ3v) is 1.94. The SMILES string of the molecule is C=C(C)CCC1=CCCC1=O. The van der Waals surface area contributed by atoms with E-state index < -0.39 is 0 Å². The van der Waals surface area contributed by atoms with Gasteiger partial charge in [-0.2, -0.15) is 0 Å². The molecule has 0 saturated heterocycles. The van der Waals surface area contributed by atoms with Crippen LogP contribution in [-0.4, -0.2) is 5.78 Å². The molecular formula is C10H14O. The van der Waals surface area contributed by atoms with E-state index in [1.54, 1.807) is 0 Å². The first-order valence-electron chi connectivity index (χ1n) is 4.07. The summed E-state index contributed by atoms with van der Waals surface area (Å²) >= 11 is 0. The molecule has 60 valence electrons. The van der Waals surface area contributed by atoms with Gasteiger partial charge < -0.3 is 0 Å². The summed E-state index contributed by atoms with van der Waals surface area (Å²) in [5.41, 5.74) is 2.18. The Hall–Kier alpha value is -0.850. The standard InChI is InChI=1S/C10H14O/c1-8(2)6-7-9-4-3-5-10(9)11/h4H,1,3,5-7H2,2H3. The van der Waals surface area contributed by atoms with Crippen LogP contribution in [-0.2, 0) is 4.79 Å². The average molecular weight is 150 g/mol. The van der Waals surface area contributed by atoms with E-state index in [0.29, 0.717) is 5.78 Å². The molecule has 0 aromatic rings. The Kier molecular flexibility index (Phi) is 2.64. The summed E-state index contributed by atoms with van der Waals surface area (Å²) in [6, 6.07) is 0. The van der Waals surface area contributed by atoms with Gasteiger partial charge in [0, 0.05) is 6.42 Å². The molecule has 0 aromatic carbocycles. The van der Waals surface area contributed by atoms with Crippen LogP contribution in [0.2, 0.25) is 0 Å². The van der Waals surface area contributed by atoms with Crippen molar-refractivity contribution in [3.05, 3.63) is 23.8 Å². The molecule has 0 aromatic heterocycles. The Morgan fingerprint density at radius 1 is 1.73 bits per heavy atom. The minimum absolute atomic E-state index is 0.339. The van der Waals surface area contributed by atoms with E-state index in [4.69, 9.17) is 0 Å². The van der Waals surface area contributed by atoms with Crippen molar-refractivity contribution in [2.24, 2.45) is 0 Å². The molecule has 1 aliphatic carbocycles. The highest BCUT2D eigenvalue weighted by molar-refractivity contribution is 5.97. The summed E-state index contributed by atoms with van der Waals surface area (Å²) in [6.07, 6.45) is 5.59. The second-order valence-corrected chi connectivity index (χ2v) is 3.15. The fourth-order valence-corrected chi connectivity index (χ4v) is 1.24. The fourth-order valence-electron chi connectivity index (χ4n) is 1.24. The molecule has 0 amide bonds. The highest BCUT2D eigenvalue weighted by atomic mass is 16.1. The molecule has 1 aliphatic rings. The van der Waals surface area contributed by atoms with Crippen LogP contribution in [0.5, 0.6) is 0 Å². The number of rotatable bonds is 3. The number of carbonyl (C=O) groups excluding carboxylic acids is 1. The molecular weight excluding hydrogens is 136 g/mol. The van der Waals surface area contributed by atoms with Crippen LogP contribution < -0.4 is 0 Å². The molecule has 0 aliphatic heterocycles. The maximum absolute atomic E-state index is 11.1. The first kappa shape index (κ1) is 8.25. The van der Waals surface area contributed by atoms with Crippen molar-refractivity contribution in [2.75, 3.05) is 0 Å². The summed E-state index contributed by atoms with van der Waals surface area (Å²) in [5.74, 6) is 0.339. The molecule has 0 spiro atoms. The van der Waals surface area contributed by atoms with Gasteiger partial charge in [-0.05, 0) is 31.8 Å². The van der Waals surface area contributed by atoms with Gasteiger partial charge in [0.25, 0.3) is 0 Å². The molecule has 1 rings (SSSR count). The molecule has 0 fully saturated rings. The van der Waals surface area contributed by atoms with Gasteiger partial charge in [-0.15, -0.1) is 6.58 Å². The maximum atomic E-state index is 11.1. The highest BCUT2D eigenvalue weighted by Gasteiger charge is 2.13. The molecule has 1 nitrogen and oxygen atoms in total. The summed E-state index contributed by atoms with van der Waals surface area (Å²) in [4.78, 5) is 11.1. The van der Waals surface area contributed by atoms with E-state index >= 15 is 0 Å². The lowest BCUT2D eigenvalue weighted by molar-refractivity contribution is -0.115. The first-order chi connectivity index (χ1) is 5.20. The van der Waals surface area contributed by atoms with Gasteiger partial charge in [0.05, 0.1) is 0 Å². The van der Waals surface area contributed by atoms with E-state index in [1.807, 2.05) is 6.92 Å². The quantitative estimate of drug-likeness (QED) is 0.565. The summed E-state index contributed by atoms with van der Waals surface area (Å²) in [7, 11) is 0. The number of allylic oxidation sites excluding steroid dienone is 3. The molecule has 0 heterocycles. The molecule has 0 unspecified atom stereocenters. The second-order valence-electron chi connectivity index (χ2n) is 3.15. The van der Waals surface area contributed by atoms with Gasteiger partial charge >= 0.3 is 0 Å². The average Bonchev–Trinajstić information content (AvgIpc) is 2.31. The Morgan fingerprint density at radius 3 is 2.91 bits per heavy atom. The Labute approximate surface area is 67.8 Å². The van der Waals surface area contributed by atoms with E-state index in [1.165, 1.54) is 0 Å². The lowest BCUT2D eigenvalue weighted by Gasteiger charge is -1.98. The van der Waals surface area contributed by atoms with Crippen molar-refractivity contribution < 1.29 is 4.79 Å². The summed E-state index contributed by atoms with van der Waals surface area (Å²) in [6.45, 7) is 5.80. The van der Waals surface area contributed by atoms with Crippen LogP contribution >= 0.6 is 0 Å². The van der Waals surface area contributed by atoms with Gasteiger partial charge in [-0.1, -0.05) is 11.6 Å². The third kappa shape index (κ3) is 2.34. The minimum atomic E-state index is 0.339. The Morgan fingerprint density at radius 2 is 2.45 bits per heavy atom. The monoisotopic (exact) mass is 150 g/mol. The van der Waals surface area contributed by atoms with Crippen molar-refractivity contribution in [1.82, 2.24) is 0 Å². The van der Waals surface area contributed by atoms with Gasteiger partial charge in [0.1, 0.15) is 0 Å². The van der Waals surface area contributed by atoms with Crippen LogP contribution in [0.25, 0.3) is 0 Å². The predicted molar refractivity (Wildman–Crippen MR) is 46.4 cm³/mol. The molecule has 0 saturated carbocycles. The molecule has 0 N–H and O–H groups in total. The van der Waals surface area contributed by atoms with Crippen molar-refractivity contribution in [3.8, 4) is 0 Å². The van der Waals surface area contributed by atoms with Gasteiger partial charge in [-0.25, -0.2) is 0 Å². The molecule has 1 heteroatoms. The number of Topliss-reactive ketones (excluding diaryl/α,β-unsaturated/α-hetero) is 1. The topological polar surface area (TPSA) is 17.1 Å². The number of carbonyl (C=O) groups is 1. The molecule has 0 bridgehead atoms. The normalized spacial score (nSPS) is 16.8. The van der Waals surface area contributed by atoms with Gasteiger partial charge in [0.2, 0.25) is 0 Å². The number of ketones is 1. The third-order valence-electron chi connectivity index (χ3n) is 1.94. The number of hydrogen-bond donors (Lipinski definition) is 0. The van der Waals surface area contributed by atoms with Crippen molar-refractivity contribution in [3.63, 3.8) is 0 Å². The van der Waals surface area contributed by atoms with Crippen LogP contribution in [0.4, 0.5) is 0 Å². The lowest BCUT2D eigenvalue weighted by atomic mass is 10.1. The molecule has 11 heavy (non-hydrogen) atoms. The van der Waals surface area contributed by atoms with Crippen molar-refractivity contribution in [1.29, 1.82) is 0 Å². The lowest BCUT2D eigenvalue weighted by Crippen LogP contribution is -1.95. The van der Waals surface area contributed by atoms with Crippen molar-refractivity contribution in [2.45, 2.75) is 32.6 Å². The highest BCUT2D eigenvalue weighted by Crippen LogP contribution is 2.19. The number of hydrogen-bond acceptors (Lipinski definition) is 1.